The van der Waals surface area contributed by atoms with Gasteiger partial charge < -0.3 is 9.64 Å². The lowest BCUT2D eigenvalue weighted by Crippen LogP contribution is -2.39. The summed E-state index contributed by atoms with van der Waals surface area (Å²) in [5, 5.41) is 8.98. The Labute approximate surface area is 167 Å². The molecule has 138 valence electrons. The van der Waals surface area contributed by atoms with Gasteiger partial charge in [-0.25, -0.2) is 0 Å². The van der Waals surface area contributed by atoms with E-state index in [1.165, 1.54) is 0 Å². The highest BCUT2D eigenvalue weighted by molar-refractivity contribution is 9.10. The van der Waals surface area contributed by atoms with Gasteiger partial charge in [0, 0.05) is 29.5 Å². The van der Waals surface area contributed by atoms with Gasteiger partial charge in [0.2, 0.25) is 0 Å². The molecule has 1 aliphatic carbocycles. The number of hydrogen-bond donors (Lipinski definition) is 0. The fraction of sp³-hybridized carbons (Fsp3) is 0.381. The second-order valence-corrected chi connectivity index (χ2v) is 8.06. The van der Waals surface area contributed by atoms with Crippen LogP contribution in [0.2, 0.25) is 0 Å². The Morgan fingerprint density at radius 2 is 2.07 bits per heavy atom. The van der Waals surface area contributed by atoms with Crippen molar-refractivity contribution in [1.82, 2.24) is 9.88 Å². The first-order valence-corrected chi connectivity index (χ1v) is 10.0. The summed E-state index contributed by atoms with van der Waals surface area (Å²) in [6, 6.07) is 9.84. The van der Waals surface area contributed by atoms with E-state index in [0.29, 0.717) is 30.7 Å². The highest BCUT2D eigenvalue weighted by Crippen LogP contribution is 2.33. The van der Waals surface area contributed by atoms with Crippen molar-refractivity contribution in [1.29, 1.82) is 5.26 Å². The summed E-state index contributed by atoms with van der Waals surface area (Å²) in [5.41, 5.74) is 2.45. The molecule has 0 radical (unpaired) electrons. The highest BCUT2D eigenvalue weighted by Gasteiger charge is 2.34. The van der Waals surface area contributed by atoms with Crippen molar-refractivity contribution in [2.24, 2.45) is 5.92 Å². The maximum absolute atomic E-state index is 12.6. The van der Waals surface area contributed by atoms with Gasteiger partial charge in [0.25, 0.3) is 5.91 Å². The molecule has 6 heteroatoms. The van der Waals surface area contributed by atoms with Crippen LogP contribution in [0.3, 0.4) is 0 Å². The van der Waals surface area contributed by atoms with Crippen molar-refractivity contribution >= 4 is 21.8 Å². The first-order valence-electron chi connectivity index (χ1n) is 9.22. The lowest BCUT2D eigenvalue weighted by atomic mass is 9.86. The quantitative estimate of drug-likeness (QED) is 0.731. The second-order valence-electron chi connectivity index (χ2n) is 7.20. The number of pyridine rings is 1. The summed E-state index contributed by atoms with van der Waals surface area (Å²) in [6.45, 7) is 1.38. The molecular formula is C21H20BrN3O2. The normalized spacial score (nSPS) is 21.6. The van der Waals surface area contributed by atoms with Crippen LogP contribution in [0.4, 0.5) is 0 Å². The lowest BCUT2D eigenvalue weighted by molar-refractivity contribution is 0.0615. The third-order valence-corrected chi connectivity index (χ3v) is 6.20. The fourth-order valence-corrected chi connectivity index (χ4v) is 4.42. The van der Waals surface area contributed by atoms with Crippen LogP contribution in [-0.4, -0.2) is 28.4 Å². The molecule has 0 N–H and O–H groups in total. The van der Waals surface area contributed by atoms with Gasteiger partial charge in [0.05, 0.1) is 17.7 Å². The van der Waals surface area contributed by atoms with E-state index < -0.39 is 0 Å². The maximum atomic E-state index is 12.6. The van der Waals surface area contributed by atoms with Crippen LogP contribution < -0.4 is 4.74 Å². The number of amides is 1. The molecule has 1 aliphatic heterocycles. The average Bonchev–Trinajstić information content (AvgIpc) is 3.04. The van der Waals surface area contributed by atoms with E-state index in [-0.39, 0.29) is 5.91 Å². The van der Waals surface area contributed by atoms with Crippen LogP contribution in [0.15, 0.2) is 41.1 Å². The zero-order valence-electron chi connectivity index (χ0n) is 14.9. The molecule has 0 unspecified atom stereocenters. The van der Waals surface area contributed by atoms with Crippen LogP contribution in [0.25, 0.3) is 0 Å². The Morgan fingerprint density at radius 3 is 2.78 bits per heavy atom. The number of carbonyl (C=O) groups excluding carboxylic acids is 1. The van der Waals surface area contributed by atoms with Crippen molar-refractivity contribution in [3.8, 4) is 11.8 Å². The molecule has 2 heterocycles. The average molecular weight is 426 g/mol. The Hall–Kier alpha value is -2.39. The summed E-state index contributed by atoms with van der Waals surface area (Å²) in [4.78, 5) is 18.7. The van der Waals surface area contributed by atoms with Gasteiger partial charge in [0.15, 0.2) is 0 Å². The smallest absolute Gasteiger partial charge is 0.256 e. The Morgan fingerprint density at radius 1 is 1.26 bits per heavy atom. The molecule has 1 saturated carbocycles. The molecule has 2 aliphatic rings. The minimum absolute atomic E-state index is 0.125. The number of nitrogens with zero attached hydrogens (tertiary/aromatic N) is 3. The summed E-state index contributed by atoms with van der Waals surface area (Å²) in [5.74, 6) is 1.40. The summed E-state index contributed by atoms with van der Waals surface area (Å²) in [6.07, 6.45) is 7.58. The van der Waals surface area contributed by atoms with Crippen molar-refractivity contribution in [3.05, 3.63) is 57.8 Å². The van der Waals surface area contributed by atoms with Crippen LogP contribution in [0.1, 0.15) is 47.2 Å². The van der Waals surface area contributed by atoms with E-state index >= 15 is 0 Å². The van der Waals surface area contributed by atoms with E-state index in [2.05, 4.69) is 27.0 Å². The summed E-state index contributed by atoms with van der Waals surface area (Å²) < 4.78 is 6.69. The largest absolute Gasteiger partial charge is 0.493 e. The van der Waals surface area contributed by atoms with Gasteiger partial charge in [-0.3, -0.25) is 9.78 Å². The molecule has 0 atom stereocenters. The topological polar surface area (TPSA) is 66.2 Å². The third-order valence-electron chi connectivity index (χ3n) is 5.55. The van der Waals surface area contributed by atoms with E-state index in [9.17, 15) is 4.79 Å². The first kappa shape index (κ1) is 18.0. The van der Waals surface area contributed by atoms with Crippen LogP contribution in [-0.2, 0) is 6.54 Å². The number of fused-ring (bicyclic) bond motifs is 1. The minimum atomic E-state index is 0.125. The molecule has 4 rings (SSSR count). The molecule has 1 aromatic carbocycles. The SMILES string of the molecule is N#Cc1ccc(OCC2CCC(N3Cc4ccncc4C3=O)CC2)cc1Br. The fourth-order valence-electron chi connectivity index (χ4n) is 3.97. The van der Waals surface area contributed by atoms with Gasteiger partial charge in [-0.1, -0.05) is 0 Å². The second kappa shape index (κ2) is 7.69. The van der Waals surface area contributed by atoms with Gasteiger partial charge in [-0.15, -0.1) is 0 Å². The molecule has 0 saturated heterocycles. The molecule has 1 fully saturated rings. The van der Waals surface area contributed by atoms with Gasteiger partial charge in [0.1, 0.15) is 11.8 Å². The van der Waals surface area contributed by atoms with Crippen molar-refractivity contribution < 1.29 is 9.53 Å². The van der Waals surface area contributed by atoms with Crippen molar-refractivity contribution in [3.63, 3.8) is 0 Å². The third kappa shape index (κ3) is 3.70. The molecule has 1 aromatic heterocycles. The zero-order valence-corrected chi connectivity index (χ0v) is 16.5. The molecular weight excluding hydrogens is 406 g/mol. The monoisotopic (exact) mass is 425 g/mol. The molecule has 1 amide bonds. The number of ether oxygens (including phenoxy) is 1. The number of benzene rings is 1. The van der Waals surface area contributed by atoms with Gasteiger partial charge in [-0.2, -0.15) is 5.26 Å². The maximum Gasteiger partial charge on any atom is 0.256 e. The van der Waals surface area contributed by atoms with Gasteiger partial charge in [-0.05, 0) is 77.4 Å². The van der Waals surface area contributed by atoms with E-state index in [1.54, 1.807) is 18.5 Å². The predicted octanol–water partition coefficient (Wildman–Crippen LogP) is 4.31. The number of rotatable bonds is 4. The molecule has 2 aromatic rings. The number of aromatic nitrogens is 1. The van der Waals surface area contributed by atoms with Gasteiger partial charge >= 0.3 is 0 Å². The minimum Gasteiger partial charge on any atom is -0.493 e. The Kier molecular flexibility index (Phi) is 5.13. The van der Waals surface area contributed by atoms with Crippen molar-refractivity contribution in [2.75, 3.05) is 6.61 Å². The Balaban J connectivity index is 1.29. The highest BCUT2D eigenvalue weighted by atomic mass is 79.9. The number of hydrogen-bond acceptors (Lipinski definition) is 4. The molecule has 0 bridgehead atoms. The first-order chi connectivity index (χ1) is 13.2. The predicted molar refractivity (Wildman–Crippen MR) is 104 cm³/mol. The number of halogens is 1. The number of nitriles is 1. The van der Waals surface area contributed by atoms with Crippen molar-refractivity contribution in [2.45, 2.75) is 38.3 Å². The van der Waals surface area contributed by atoms with E-state index in [1.807, 2.05) is 23.1 Å². The summed E-state index contributed by atoms with van der Waals surface area (Å²) in [7, 11) is 0. The van der Waals surface area contributed by atoms with Crippen LogP contribution in [0, 0.1) is 17.2 Å². The van der Waals surface area contributed by atoms with Crippen LogP contribution >= 0.6 is 15.9 Å². The number of carbonyl (C=O) groups is 1. The van der Waals surface area contributed by atoms with E-state index in [0.717, 1.165) is 47.0 Å². The Bertz CT molecular complexity index is 901. The molecule has 0 spiro atoms. The molecule has 27 heavy (non-hydrogen) atoms. The van der Waals surface area contributed by atoms with E-state index in [4.69, 9.17) is 10.00 Å². The van der Waals surface area contributed by atoms with Crippen LogP contribution in [0.5, 0.6) is 5.75 Å². The standard InChI is InChI=1S/C21H20BrN3O2/c22-20-9-18(6-3-15(20)10-23)27-13-14-1-4-17(5-2-14)25-12-16-7-8-24-11-19(16)21(25)26/h3,6-9,11,14,17H,1-2,4-5,12-13H2. The summed E-state index contributed by atoms with van der Waals surface area (Å²) >= 11 is 3.39. The zero-order chi connectivity index (χ0) is 18.8. The lowest BCUT2D eigenvalue weighted by Gasteiger charge is -2.34. The molecule has 5 nitrogen and oxygen atoms in total.